The van der Waals surface area contributed by atoms with E-state index in [-0.39, 0.29) is 31.0 Å². The number of benzene rings is 1. The first kappa shape index (κ1) is 25.3. The van der Waals surface area contributed by atoms with Crippen LogP contribution in [0.25, 0.3) is 11.1 Å². The van der Waals surface area contributed by atoms with Gasteiger partial charge >= 0.3 is 41.6 Å². The molecule has 0 radical (unpaired) electrons. The van der Waals surface area contributed by atoms with Crippen molar-refractivity contribution in [2.75, 3.05) is 7.05 Å². The summed E-state index contributed by atoms with van der Waals surface area (Å²) >= 11 is 0. The van der Waals surface area contributed by atoms with Crippen molar-refractivity contribution < 1.29 is 59.8 Å². The number of aliphatic carboxylic acids is 1. The Hall–Kier alpha value is -2.95. The second-order valence-electron chi connectivity index (χ2n) is 7.19. The standard InChI is InChI=1S/C21H22N4O6.Na.H/c1-11-18(12(2)31-24-11)14-6-4-5-13(9-14)15(10-17(27)28)22-21(30)23-19-16(26)7-8-25(3)20(19)29;;/h4-9,15,19H,10H2,1-3H3,(H,27,28)(H2,22,23,30);;/q;+1;-1. The maximum absolute atomic E-state index is 12.5. The molecule has 11 heteroatoms. The van der Waals surface area contributed by atoms with Gasteiger partial charge in [-0.15, -0.1) is 0 Å². The number of carboxylic acid groups (broad SMARTS) is 1. The number of aromatic nitrogens is 1. The number of hydrogen-bond acceptors (Lipinski definition) is 6. The summed E-state index contributed by atoms with van der Waals surface area (Å²) in [5.74, 6) is -1.66. The van der Waals surface area contributed by atoms with Crippen LogP contribution in [0.2, 0.25) is 0 Å². The van der Waals surface area contributed by atoms with E-state index >= 15 is 0 Å². The molecule has 3 rings (SSSR count). The predicted molar refractivity (Wildman–Crippen MR) is 110 cm³/mol. The van der Waals surface area contributed by atoms with Gasteiger partial charge in [0.1, 0.15) is 5.76 Å². The Labute approximate surface area is 207 Å². The molecule has 10 nitrogen and oxygen atoms in total. The second kappa shape index (κ2) is 10.6. The maximum atomic E-state index is 12.5. The van der Waals surface area contributed by atoms with Crippen LogP contribution >= 0.6 is 0 Å². The van der Waals surface area contributed by atoms with Crippen LogP contribution in [-0.2, 0) is 14.4 Å². The fourth-order valence-corrected chi connectivity index (χ4v) is 3.38. The molecular formula is C21H23N4NaO6. The van der Waals surface area contributed by atoms with Crippen LogP contribution in [-0.4, -0.2) is 51.9 Å². The van der Waals surface area contributed by atoms with Gasteiger partial charge in [-0.3, -0.25) is 14.4 Å². The molecule has 3 N–H and O–H groups in total. The van der Waals surface area contributed by atoms with E-state index in [4.69, 9.17) is 4.52 Å². The molecule has 2 atom stereocenters. The molecule has 2 heterocycles. The zero-order chi connectivity index (χ0) is 22.7. The fraction of sp³-hybridized carbons (Fsp3) is 0.286. The minimum atomic E-state index is -1.37. The van der Waals surface area contributed by atoms with Crippen molar-refractivity contribution in [2.24, 2.45) is 0 Å². The number of urea groups is 1. The summed E-state index contributed by atoms with van der Waals surface area (Å²) in [6, 6.07) is 3.89. The van der Waals surface area contributed by atoms with E-state index in [0.717, 1.165) is 11.1 Å². The van der Waals surface area contributed by atoms with E-state index in [1.807, 2.05) is 6.07 Å². The Kier molecular flexibility index (Phi) is 8.37. The fourth-order valence-electron chi connectivity index (χ4n) is 3.38. The van der Waals surface area contributed by atoms with Crippen LogP contribution in [0.4, 0.5) is 4.79 Å². The van der Waals surface area contributed by atoms with Crippen LogP contribution in [0.5, 0.6) is 0 Å². The van der Waals surface area contributed by atoms with Crippen molar-refractivity contribution in [3.63, 3.8) is 0 Å². The Morgan fingerprint density at radius 3 is 2.66 bits per heavy atom. The van der Waals surface area contributed by atoms with Crippen LogP contribution in [0.3, 0.4) is 0 Å². The number of carbonyl (C=O) groups is 4. The minimum absolute atomic E-state index is 0. The number of carbonyl (C=O) groups excluding carboxylic acids is 3. The molecule has 0 bridgehead atoms. The monoisotopic (exact) mass is 450 g/mol. The van der Waals surface area contributed by atoms with Crippen molar-refractivity contribution in [2.45, 2.75) is 32.4 Å². The van der Waals surface area contributed by atoms with E-state index in [1.165, 1.54) is 24.2 Å². The van der Waals surface area contributed by atoms with Gasteiger partial charge in [0.15, 0.2) is 11.8 Å². The van der Waals surface area contributed by atoms with E-state index in [9.17, 15) is 24.3 Å². The normalized spacial score (nSPS) is 16.3. The summed E-state index contributed by atoms with van der Waals surface area (Å²) in [7, 11) is 1.46. The van der Waals surface area contributed by atoms with E-state index < -0.39 is 42.2 Å². The molecule has 0 saturated heterocycles. The summed E-state index contributed by atoms with van der Waals surface area (Å²) in [6.45, 7) is 3.56. The summed E-state index contributed by atoms with van der Waals surface area (Å²) in [4.78, 5) is 49.2. The number of amides is 3. The summed E-state index contributed by atoms with van der Waals surface area (Å²) in [5, 5.41) is 18.1. The topological polar surface area (TPSA) is 142 Å². The van der Waals surface area contributed by atoms with Gasteiger partial charge in [0.05, 0.1) is 18.2 Å². The number of likely N-dealkylation sites (N-methyl/N-ethyl adjacent to an activating group) is 1. The molecule has 0 aliphatic carbocycles. The molecule has 32 heavy (non-hydrogen) atoms. The van der Waals surface area contributed by atoms with Gasteiger partial charge in [0.2, 0.25) is 0 Å². The Morgan fingerprint density at radius 1 is 1.31 bits per heavy atom. The first-order chi connectivity index (χ1) is 14.7. The van der Waals surface area contributed by atoms with Crippen LogP contribution in [0, 0.1) is 13.8 Å². The zero-order valence-electron chi connectivity index (χ0n) is 19.2. The van der Waals surface area contributed by atoms with Crippen molar-refractivity contribution in [1.29, 1.82) is 0 Å². The van der Waals surface area contributed by atoms with Gasteiger partial charge < -0.3 is 26.6 Å². The molecule has 1 aliphatic rings. The molecule has 3 amide bonds. The van der Waals surface area contributed by atoms with Gasteiger partial charge in [-0.05, 0) is 31.0 Å². The zero-order valence-corrected chi connectivity index (χ0v) is 20.2. The number of nitrogens with one attached hydrogen (secondary N) is 2. The third-order valence-corrected chi connectivity index (χ3v) is 4.91. The van der Waals surface area contributed by atoms with E-state index in [2.05, 4.69) is 15.8 Å². The van der Waals surface area contributed by atoms with Crippen LogP contribution in [0.15, 0.2) is 41.1 Å². The summed E-state index contributed by atoms with van der Waals surface area (Å²) in [6.07, 6.45) is 2.10. The summed E-state index contributed by atoms with van der Waals surface area (Å²) in [5.41, 5.74) is 2.76. The number of rotatable bonds is 6. The minimum Gasteiger partial charge on any atom is -1.00 e. The molecule has 2 aromatic rings. The van der Waals surface area contributed by atoms with Gasteiger partial charge in [-0.1, -0.05) is 23.4 Å². The average molecular weight is 450 g/mol. The van der Waals surface area contributed by atoms with E-state index in [0.29, 0.717) is 17.0 Å². The van der Waals surface area contributed by atoms with Crippen LogP contribution in [0.1, 0.15) is 30.9 Å². The number of carboxylic acids is 1. The molecule has 0 fully saturated rings. The van der Waals surface area contributed by atoms with Crippen LogP contribution < -0.4 is 40.2 Å². The average Bonchev–Trinajstić information content (AvgIpc) is 3.05. The van der Waals surface area contributed by atoms with Crippen molar-refractivity contribution in [3.05, 3.63) is 53.6 Å². The van der Waals surface area contributed by atoms with Crippen molar-refractivity contribution >= 4 is 23.7 Å². The molecule has 164 valence electrons. The molecule has 1 aromatic carbocycles. The molecule has 0 spiro atoms. The van der Waals surface area contributed by atoms with Gasteiger partial charge in [0, 0.05) is 24.9 Å². The van der Waals surface area contributed by atoms with Gasteiger partial charge in [-0.2, -0.15) is 0 Å². The SMILES string of the molecule is Cc1noc(C)c1-c1cccc(C(CC(=O)O)NC(=O)NC2C(=O)C=CN(C)C2=O)c1.[H-].[Na+]. The maximum Gasteiger partial charge on any atom is 1.00 e. The quantitative estimate of drug-likeness (QED) is 0.371. The molecule has 1 aliphatic heterocycles. The number of ketones is 1. The third kappa shape index (κ3) is 5.64. The third-order valence-electron chi connectivity index (χ3n) is 4.91. The Balaban J connectivity index is 0.00000272. The first-order valence-electron chi connectivity index (χ1n) is 9.48. The summed E-state index contributed by atoms with van der Waals surface area (Å²) < 4.78 is 5.20. The molecule has 2 unspecified atom stereocenters. The van der Waals surface area contributed by atoms with Gasteiger partial charge in [0.25, 0.3) is 5.91 Å². The predicted octanol–water partition coefficient (Wildman–Crippen LogP) is -1.19. The van der Waals surface area contributed by atoms with Crippen molar-refractivity contribution in [1.82, 2.24) is 20.7 Å². The molecule has 1 aromatic heterocycles. The molecule has 0 saturated carbocycles. The van der Waals surface area contributed by atoms with E-state index in [1.54, 1.807) is 32.0 Å². The molecular weight excluding hydrogens is 427 g/mol. The smallest absolute Gasteiger partial charge is 1.00 e. The van der Waals surface area contributed by atoms with Crippen molar-refractivity contribution in [3.8, 4) is 11.1 Å². The number of hydrogen-bond donors (Lipinski definition) is 3. The first-order valence-corrected chi connectivity index (χ1v) is 9.48. The van der Waals surface area contributed by atoms with Gasteiger partial charge in [-0.25, -0.2) is 4.79 Å². The second-order valence-corrected chi connectivity index (χ2v) is 7.19. The Morgan fingerprint density at radius 2 is 2.03 bits per heavy atom. The number of aryl methyl sites for hydroxylation is 2. The Bertz CT molecular complexity index is 1070. The largest absolute Gasteiger partial charge is 1.00 e. The number of nitrogens with zero attached hydrogens (tertiary/aromatic N) is 2.